The van der Waals surface area contributed by atoms with Crippen molar-refractivity contribution in [3.05, 3.63) is 26.4 Å². The van der Waals surface area contributed by atoms with Crippen molar-refractivity contribution in [3.63, 3.8) is 0 Å². The number of nitrogens with zero attached hydrogens (tertiary/aromatic N) is 2. The van der Waals surface area contributed by atoms with Gasteiger partial charge in [0.1, 0.15) is 11.7 Å². The molecule has 1 aromatic heterocycles. The number of carboxylic acid groups (broad SMARTS) is 1. The molecular weight excluding hydrogens is 231 g/mol. The molecule has 0 aliphatic rings. The smallest absolute Gasteiger partial charge is 0.323 e. The summed E-state index contributed by atoms with van der Waals surface area (Å²) in [4.78, 5) is 25.3. The van der Waals surface area contributed by atoms with E-state index < -0.39 is 18.1 Å². The van der Waals surface area contributed by atoms with Gasteiger partial charge < -0.3 is 5.11 Å². The molecule has 1 rings (SSSR count). The van der Waals surface area contributed by atoms with Crippen LogP contribution in [0, 0.1) is 6.92 Å². The van der Waals surface area contributed by atoms with Crippen LogP contribution in [-0.2, 0) is 11.3 Å². The number of hydrogen-bond donors (Lipinski definition) is 1. The molecule has 7 heteroatoms. The van der Waals surface area contributed by atoms with Crippen molar-refractivity contribution in [2.24, 2.45) is 0 Å². The third kappa shape index (κ3) is 2.05. The van der Waals surface area contributed by atoms with E-state index in [2.05, 4.69) is 4.98 Å². The van der Waals surface area contributed by atoms with E-state index in [-0.39, 0.29) is 16.0 Å². The fourth-order valence-electron chi connectivity index (χ4n) is 0.916. The maximum atomic E-state index is 11.3. The zero-order chi connectivity index (χ0) is 10.9. The number of carbonyl (C=O) groups is 1. The van der Waals surface area contributed by atoms with Crippen LogP contribution in [0.3, 0.4) is 0 Å². The second kappa shape index (κ2) is 3.98. The first kappa shape index (κ1) is 11.0. The number of rotatable bonds is 2. The Morgan fingerprint density at radius 3 is 2.57 bits per heavy atom. The molecule has 76 valence electrons. The number of hydrogen-bond acceptors (Lipinski definition) is 3. The Balaban J connectivity index is 3.39. The van der Waals surface area contributed by atoms with Gasteiger partial charge in [-0.3, -0.25) is 14.2 Å². The van der Waals surface area contributed by atoms with Gasteiger partial charge in [0.2, 0.25) is 0 Å². The zero-order valence-electron chi connectivity index (χ0n) is 7.12. The molecule has 1 N–H and O–H groups in total. The summed E-state index contributed by atoms with van der Waals surface area (Å²) in [6, 6.07) is 0. The van der Waals surface area contributed by atoms with E-state index in [0.717, 1.165) is 4.57 Å². The predicted octanol–water partition coefficient (Wildman–Crippen LogP) is 0.943. The Morgan fingerprint density at radius 1 is 1.50 bits per heavy atom. The van der Waals surface area contributed by atoms with E-state index in [0.29, 0.717) is 0 Å². The first-order valence-electron chi connectivity index (χ1n) is 3.57. The highest BCUT2D eigenvalue weighted by atomic mass is 35.5. The second-order valence-electron chi connectivity index (χ2n) is 2.56. The van der Waals surface area contributed by atoms with Gasteiger partial charge in [-0.25, -0.2) is 4.98 Å². The van der Waals surface area contributed by atoms with E-state index in [1.54, 1.807) is 0 Å². The van der Waals surface area contributed by atoms with Crippen LogP contribution in [0.5, 0.6) is 0 Å². The lowest BCUT2D eigenvalue weighted by molar-refractivity contribution is -0.137. The largest absolute Gasteiger partial charge is 0.480 e. The highest BCUT2D eigenvalue weighted by Gasteiger charge is 2.12. The summed E-state index contributed by atoms with van der Waals surface area (Å²) in [5.41, 5.74) is -0.376. The maximum absolute atomic E-state index is 11.3. The van der Waals surface area contributed by atoms with Gasteiger partial charge in [0, 0.05) is 0 Å². The van der Waals surface area contributed by atoms with Crippen molar-refractivity contribution in [1.82, 2.24) is 9.55 Å². The summed E-state index contributed by atoms with van der Waals surface area (Å²) in [6.07, 6.45) is 0. The molecule has 0 spiro atoms. The van der Waals surface area contributed by atoms with Crippen molar-refractivity contribution in [3.8, 4) is 0 Å². The van der Waals surface area contributed by atoms with Crippen molar-refractivity contribution >= 4 is 29.2 Å². The molecule has 0 aliphatic heterocycles. The van der Waals surface area contributed by atoms with Gasteiger partial charge in [0.15, 0.2) is 5.15 Å². The summed E-state index contributed by atoms with van der Waals surface area (Å²) in [5.74, 6) is -1.14. The van der Waals surface area contributed by atoms with Crippen molar-refractivity contribution in [2.45, 2.75) is 13.5 Å². The van der Waals surface area contributed by atoms with Crippen LogP contribution in [0.15, 0.2) is 4.79 Å². The average Bonchev–Trinajstić information content (AvgIpc) is 2.09. The van der Waals surface area contributed by atoms with E-state index in [9.17, 15) is 9.59 Å². The average molecular weight is 237 g/mol. The number of aliphatic carboxylic acids is 1. The Kier molecular flexibility index (Phi) is 3.13. The van der Waals surface area contributed by atoms with Gasteiger partial charge in [-0.2, -0.15) is 0 Å². The Bertz CT molecular complexity index is 441. The molecule has 1 aromatic rings. The number of halogens is 2. The first-order valence-corrected chi connectivity index (χ1v) is 4.33. The molecule has 5 nitrogen and oxygen atoms in total. The topological polar surface area (TPSA) is 72.2 Å². The molecule has 0 radical (unpaired) electrons. The molecule has 0 amide bonds. The number of aromatic nitrogens is 2. The van der Waals surface area contributed by atoms with Crippen LogP contribution in [-0.4, -0.2) is 20.6 Å². The molecule has 0 aliphatic carbocycles. The van der Waals surface area contributed by atoms with Crippen LogP contribution in [0.25, 0.3) is 0 Å². The third-order valence-corrected chi connectivity index (χ3v) is 2.22. The first-order chi connectivity index (χ1) is 6.43. The molecular formula is C7H6Cl2N2O3. The summed E-state index contributed by atoms with van der Waals surface area (Å²) < 4.78 is 0.958. The zero-order valence-corrected chi connectivity index (χ0v) is 8.63. The maximum Gasteiger partial charge on any atom is 0.323 e. The predicted molar refractivity (Wildman–Crippen MR) is 50.9 cm³/mol. The van der Waals surface area contributed by atoms with Gasteiger partial charge in [-0.05, 0) is 6.92 Å². The minimum atomic E-state index is -1.14. The highest BCUT2D eigenvalue weighted by molar-refractivity contribution is 6.32. The van der Waals surface area contributed by atoms with E-state index >= 15 is 0 Å². The van der Waals surface area contributed by atoms with Gasteiger partial charge >= 0.3 is 5.97 Å². The number of carboxylic acids is 1. The minimum Gasteiger partial charge on any atom is -0.480 e. The fourth-order valence-corrected chi connectivity index (χ4v) is 1.33. The highest BCUT2D eigenvalue weighted by Crippen LogP contribution is 2.11. The van der Waals surface area contributed by atoms with Gasteiger partial charge in [-0.1, -0.05) is 23.2 Å². The van der Waals surface area contributed by atoms with E-state index in [1.807, 2.05) is 0 Å². The third-order valence-electron chi connectivity index (χ3n) is 1.61. The normalized spacial score (nSPS) is 10.2. The van der Waals surface area contributed by atoms with Crippen LogP contribution in [0.2, 0.25) is 10.3 Å². The molecule has 0 bridgehead atoms. The summed E-state index contributed by atoms with van der Waals surface area (Å²) in [5, 5.41) is 8.22. The molecule has 0 unspecified atom stereocenters. The molecule has 14 heavy (non-hydrogen) atoms. The van der Waals surface area contributed by atoms with E-state index in [4.69, 9.17) is 28.3 Å². The van der Waals surface area contributed by atoms with Crippen molar-refractivity contribution in [1.29, 1.82) is 0 Å². The van der Waals surface area contributed by atoms with Crippen LogP contribution in [0.4, 0.5) is 0 Å². The Hall–Kier alpha value is -1.07. The van der Waals surface area contributed by atoms with Crippen LogP contribution < -0.4 is 5.56 Å². The molecule has 0 atom stereocenters. The van der Waals surface area contributed by atoms with Crippen molar-refractivity contribution < 1.29 is 9.90 Å². The Morgan fingerprint density at radius 2 is 2.07 bits per heavy atom. The summed E-state index contributed by atoms with van der Waals surface area (Å²) in [6.45, 7) is 1.02. The monoisotopic (exact) mass is 236 g/mol. The van der Waals surface area contributed by atoms with Crippen LogP contribution in [0.1, 0.15) is 5.69 Å². The Labute approximate surface area is 88.9 Å². The molecule has 0 saturated carbocycles. The lowest BCUT2D eigenvalue weighted by Crippen LogP contribution is -2.27. The summed E-state index contributed by atoms with van der Waals surface area (Å²) >= 11 is 11.1. The van der Waals surface area contributed by atoms with Gasteiger partial charge in [0.25, 0.3) is 5.56 Å². The van der Waals surface area contributed by atoms with Crippen LogP contribution >= 0.6 is 23.2 Å². The van der Waals surface area contributed by atoms with Crippen molar-refractivity contribution in [2.75, 3.05) is 0 Å². The minimum absolute atomic E-state index is 0.0239. The fraction of sp³-hybridized carbons (Fsp3) is 0.286. The molecule has 0 saturated heterocycles. The van der Waals surface area contributed by atoms with Gasteiger partial charge in [-0.15, -0.1) is 0 Å². The lowest BCUT2D eigenvalue weighted by atomic mass is 10.4. The summed E-state index contributed by atoms with van der Waals surface area (Å²) in [7, 11) is 0. The SMILES string of the molecule is Cc1c(Cl)nc(Cl)c(=O)n1CC(=O)O. The standard InChI is InChI=1S/C7H6Cl2N2O3/c1-3-5(8)10-6(9)7(14)11(3)2-4(12)13/h2H2,1H3,(H,12,13). The second-order valence-corrected chi connectivity index (χ2v) is 3.28. The van der Waals surface area contributed by atoms with Gasteiger partial charge in [0.05, 0.1) is 5.69 Å². The molecule has 1 heterocycles. The van der Waals surface area contributed by atoms with E-state index in [1.165, 1.54) is 6.92 Å². The molecule has 0 fully saturated rings. The lowest BCUT2D eigenvalue weighted by Gasteiger charge is -2.07. The quantitative estimate of drug-likeness (QED) is 0.830. The molecule has 0 aromatic carbocycles.